The number of nitrogens with two attached hydrogens (primary N) is 1. The molecule has 0 bridgehead atoms. The van der Waals surface area contributed by atoms with Gasteiger partial charge in [-0.15, -0.1) is 0 Å². The normalized spacial score (nSPS) is 15.4. The van der Waals surface area contributed by atoms with Gasteiger partial charge in [0.25, 0.3) is 0 Å². The van der Waals surface area contributed by atoms with Gasteiger partial charge in [0.15, 0.2) is 0 Å². The largest absolute Gasteiger partial charge is 0.444 e. The SMILES string of the molecule is CN(C(=O)C(Cc1ccc2ccccc2c1)NC(=O)C1CCN(C(=O)OC(C)(C)C)CC1)C(CN)Cc1ccc2ccccc2c1. The number of carbonyl (C=O) groups excluding carboxylic acids is 3. The van der Waals surface area contributed by atoms with E-state index >= 15 is 0 Å². The molecule has 4 aromatic carbocycles. The van der Waals surface area contributed by atoms with Crippen molar-refractivity contribution >= 4 is 39.5 Å². The van der Waals surface area contributed by atoms with Crippen molar-refractivity contribution in [3.63, 3.8) is 0 Å². The molecule has 8 nitrogen and oxygen atoms in total. The van der Waals surface area contributed by atoms with E-state index in [4.69, 9.17) is 10.5 Å². The second-order valence-corrected chi connectivity index (χ2v) is 13.4. The maximum absolute atomic E-state index is 14.2. The second kappa shape index (κ2) is 14.3. The van der Waals surface area contributed by atoms with Gasteiger partial charge < -0.3 is 25.6 Å². The van der Waals surface area contributed by atoms with Crippen LogP contribution >= 0.6 is 0 Å². The van der Waals surface area contributed by atoms with Crippen molar-refractivity contribution < 1.29 is 19.1 Å². The Morgan fingerprint density at radius 3 is 1.89 bits per heavy atom. The summed E-state index contributed by atoms with van der Waals surface area (Å²) in [7, 11) is 1.78. The number of likely N-dealkylation sites (tertiary alicyclic amines) is 1. The summed E-state index contributed by atoms with van der Waals surface area (Å²) in [6.45, 7) is 6.66. The third-order valence-electron chi connectivity index (χ3n) is 8.84. The van der Waals surface area contributed by atoms with E-state index in [2.05, 4.69) is 47.8 Å². The molecular weight excluding hydrogens is 576 g/mol. The van der Waals surface area contributed by atoms with Crippen LogP contribution in [-0.2, 0) is 27.2 Å². The molecule has 1 fully saturated rings. The maximum Gasteiger partial charge on any atom is 0.410 e. The average molecular weight is 623 g/mol. The van der Waals surface area contributed by atoms with Crippen molar-refractivity contribution in [2.24, 2.45) is 11.7 Å². The third kappa shape index (κ3) is 8.23. The van der Waals surface area contributed by atoms with Crippen LogP contribution in [0.5, 0.6) is 0 Å². The van der Waals surface area contributed by atoms with E-state index in [1.165, 1.54) is 0 Å². The summed E-state index contributed by atoms with van der Waals surface area (Å²) in [5.41, 5.74) is 7.74. The molecule has 1 heterocycles. The van der Waals surface area contributed by atoms with E-state index in [1.54, 1.807) is 16.8 Å². The van der Waals surface area contributed by atoms with E-state index < -0.39 is 11.6 Å². The van der Waals surface area contributed by atoms with Crippen molar-refractivity contribution in [3.8, 4) is 0 Å². The number of nitrogens with zero attached hydrogens (tertiary/aromatic N) is 2. The number of carbonyl (C=O) groups is 3. The molecule has 1 saturated heterocycles. The Morgan fingerprint density at radius 2 is 1.37 bits per heavy atom. The lowest BCUT2D eigenvalue weighted by Crippen LogP contribution is -2.55. The monoisotopic (exact) mass is 622 g/mol. The standard InChI is InChI=1S/C38H46N4O4/c1-38(2,3)46-37(45)42-19-17-30(18-20-42)35(43)40-34(24-27-14-16-29-10-6-8-12-32(29)22-27)36(44)41(4)33(25-39)23-26-13-15-28-9-5-7-11-31(28)21-26/h5-16,21-22,30,33-34H,17-20,23-25,39H2,1-4H3,(H,40,43). The number of piperidine rings is 1. The predicted octanol–water partition coefficient (Wildman–Crippen LogP) is 5.70. The van der Waals surface area contributed by atoms with Gasteiger partial charge in [0.05, 0.1) is 0 Å². The molecule has 3 N–H and O–H groups in total. The number of nitrogens with one attached hydrogen (secondary N) is 1. The molecule has 8 heteroatoms. The quantitative estimate of drug-likeness (QED) is 0.249. The minimum Gasteiger partial charge on any atom is -0.444 e. The molecule has 0 spiro atoms. The number of amides is 3. The summed E-state index contributed by atoms with van der Waals surface area (Å²) in [5, 5.41) is 7.61. The maximum atomic E-state index is 14.2. The number of hydrogen-bond acceptors (Lipinski definition) is 5. The molecule has 2 atom stereocenters. The van der Waals surface area contributed by atoms with Gasteiger partial charge in [-0.1, -0.05) is 84.9 Å². The number of benzene rings is 4. The number of hydrogen-bond donors (Lipinski definition) is 2. The molecule has 2 unspecified atom stereocenters. The van der Waals surface area contributed by atoms with Gasteiger partial charge in [-0.3, -0.25) is 9.59 Å². The fraction of sp³-hybridized carbons (Fsp3) is 0.395. The van der Waals surface area contributed by atoms with Crippen LogP contribution in [-0.4, -0.2) is 72.1 Å². The van der Waals surface area contributed by atoms with E-state index in [-0.39, 0.29) is 36.4 Å². The zero-order chi connectivity index (χ0) is 32.8. The minimum absolute atomic E-state index is 0.171. The van der Waals surface area contributed by atoms with Crippen molar-refractivity contribution in [1.29, 1.82) is 0 Å². The van der Waals surface area contributed by atoms with Gasteiger partial charge in [-0.25, -0.2) is 4.79 Å². The fourth-order valence-corrected chi connectivity index (χ4v) is 6.18. The lowest BCUT2D eigenvalue weighted by atomic mass is 9.94. The van der Waals surface area contributed by atoms with Crippen LogP contribution in [0.4, 0.5) is 4.79 Å². The van der Waals surface area contributed by atoms with Crippen LogP contribution in [0, 0.1) is 5.92 Å². The summed E-state index contributed by atoms with van der Waals surface area (Å²) in [6.07, 6.45) is 1.60. The van der Waals surface area contributed by atoms with Crippen molar-refractivity contribution in [2.75, 3.05) is 26.7 Å². The Labute approximate surface area is 271 Å². The van der Waals surface area contributed by atoms with Crippen molar-refractivity contribution in [1.82, 2.24) is 15.1 Å². The molecule has 0 aliphatic carbocycles. The highest BCUT2D eigenvalue weighted by molar-refractivity contribution is 5.90. The van der Waals surface area contributed by atoms with Crippen LogP contribution in [0.15, 0.2) is 84.9 Å². The van der Waals surface area contributed by atoms with Crippen molar-refractivity contribution in [2.45, 2.75) is 64.1 Å². The van der Waals surface area contributed by atoms with Gasteiger partial charge in [-0.2, -0.15) is 0 Å². The lowest BCUT2D eigenvalue weighted by Gasteiger charge is -2.34. The molecule has 0 aromatic heterocycles. The first kappa shape index (κ1) is 32.9. The minimum atomic E-state index is -0.770. The smallest absolute Gasteiger partial charge is 0.410 e. The lowest BCUT2D eigenvalue weighted by molar-refractivity contribution is -0.138. The Kier molecular flexibility index (Phi) is 10.3. The topological polar surface area (TPSA) is 105 Å². The first-order valence-corrected chi connectivity index (χ1v) is 16.2. The van der Waals surface area contributed by atoms with Crippen molar-refractivity contribution in [3.05, 3.63) is 96.1 Å². The highest BCUT2D eigenvalue weighted by atomic mass is 16.6. The summed E-state index contributed by atoms with van der Waals surface area (Å²) >= 11 is 0. The molecule has 0 radical (unpaired) electrons. The van der Waals surface area contributed by atoms with Crippen LogP contribution in [0.1, 0.15) is 44.7 Å². The van der Waals surface area contributed by atoms with E-state index in [9.17, 15) is 14.4 Å². The second-order valence-electron chi connectivity index (χ2n) is 13.4. The number of likely N-dealkylation sites (N-methyl/N-ethyl adjacent to an activating group) is 1. The number of rotatable bonds is 9. The molecule has 46 heavy (non-hydrogen) atoms. The van der Waals surface area contributed by atoms with Gasteiger partial charge in [0, 0.05) is 45.1 Å². The summed E-state index contributed by atoms with van der Waals surface area (Å²) in [6, 6.07) is 27.7. The highest BCUT2D eigenvalue weighted by Gasteiger charge is 2.33. The summed E-state index contributed by atoms with van der Waals surface area (Å²) < 4.78 is 5.51. The molecule has 5 rings (SSSR count). The molecular formula is C38H46N4O4. The van der Waals surface area contributed by atoms with Crippen LogP contribution in [0.3, 0.4) is 0 Å². The van der Waals surface area contributed by atoms with E-state index in [1.807, 2.05) is 63.2 Å². The predicted molar refractivity (Wildman–Crippen MR) is 183 cm³/mol. The Morgan fingerprint density at radius 1 is 0.848 bits per heavy atom. The van der Waals surface area contributed by atoms with E-state index in [0.717, 1.165) is 32.7 Å². The molecule has 1 aliphatic heterocycles. The number of ether oxygens (including phenoxy) is 1. The molecule has 0 saturated carbocycles. The molecule has 1 aliphatic rings. The number of fused-ring (bicyclic) bond motifs is 2. The van der Waals surface area contributed by atoms with Gasteiger partial charge >= 0.3 is 6.09 Å². The Hall–Kier alpha value is -4.43. The van der Waals surface area contributed by atoms with Crippen LogP contribution in [0.2, 0.25) is 0 Å². The zero-order valence-electron chi connectivity index (χ0n) is 27.4. The Balaban J connectivity index is 1.31. The van der Waals surface area contributed by atoms with Crippen LogP contribution in [0.25, 0.3) is 21.5 Å². The summed E-state index contributed by atoms with van der Waals surface area (Å²) in [5.74, 6) is -0.655. The summed E-state index contributed by atoms with van der Waals surface area (Å²) in [4.78, 5) is 43.8. The van der Waals surface area contributed by atoms with Gasteiger partial charge in [-0.05, 0) is 72.7 Å². The van der Waals surface area contributed by atoms with Gasteiger partial charge in [0.1, 0.15) is 11.6 Å². The van der Waals surface area contributed by atoms with Gasteiger partial charge in [0.2, 0.25) is 11.8 Å². The Bertz CT molecular complexity index is 1690. The average Bonchev–Trinajstić information content (AvgIpc) is 3.05. The third-order valence-corrected chi connectivity index (χ3v) is 8.84. The highest BCUT2D eigenvalue weighted by Crippen LogP contribution is 2.23. The first-order chi connectivity index (χ1) is 22.0. The van der Waals surface area contributed by atoms with E-state index in [0.29, 0.717) is 38.8 Å². The molecule has 3 amide bonds. The zero-order valence-corrected chi connectivity index (χ0v) is 27.4. The first-order valence-electron chi connectivity index (χ1n) is 16.2. The fourth-order valence-electron chi connectivity index (χ4n) is 6.18. The molecule has 242 valence electrons. The molecule has 4 aromatic rings. The van der Waals surface area contributed by atoms with Crippen LogP contribution < -0.4 is 11.1 Å².